The molecule has 140 valence electrons. The fourth-order valence-electron chi connectivity index (χ4n) is 3.66. The van der Waals surface area contributed by atoms with Crippen LogP contribution in [0.5, 0.6) is 0 Å². The molecule has 3 aromatic rings. The van der Waals surface area contributed by atoms with Crippen LogP contribution in [0.4, 0.5) is 0 Å². The molecule has 0 spiro atoms. The molecule has 27 heavy (non-hydrogen) atoms. The van der Waals surface area contributed by atoms with Gasteiger partial charge in [-0.2, -0.15) is 10.1 Å². The summed E-state index contributed by atoms with van der Waals surface area (Å²) in [6, 6.07) is 7.90. The molecule has 0 radical (unpaired) electrons. The average molecular weight is 366 g/mol. The predicted octanol–water partition coefficient (Wildman–Crippen LogP) is 2.87. The van der Waals surface area contributed by atoms with Crippen LogP contribution in [-0.2, 0) is 13.5 Å². The number of carbonyl (C=O) groups is 1. The van der Waals surface area contributed by atoms with Crippen LogP contribution < -0.4 is 0 Å². The third-order valence-electron chi connectivity index (χ3n) is 5.28. The molecule has 2 aromatic heterocycles. The Hall–Kier alpha value is -2.80. The lowest BCUT2D eigenvalue weighted by Gasteiger charge is -2.11. The SMILES string of the molecule is CC(CO)c1nc(-c2ccc3c(c2)CC[C@H]3CC(=O)c2ccnn2C)no1. The number of ketones is 1. The van der Waals surface area contributed by atoms with Crippen molar-refractivity contribution < 1.29 is 14.4 Å². The lowest BCUT2D eigenvalue weighted by Crippen LogP contribution is -2.10. The van der Waals surface area contributed by atoms with Gasteiger partial charge in [-0.15, -0.1) is 0 Å². The van der Waals surface area contributed by atoms with Crippen molar-refractivity contribution in [3.05, 3.63) is 53.2 Å². The third-order valence-corrected chi connectivity index (χ3v) is 5.28. The van der Waals surface area contributed by atoms with E-state index in [9.17, 15) is 9.90 Å². The van der Waals surface area contributed by atoms with Gasteiger partial charge in [0, 0.05) is 25.2 Å². The van der Waals surface area contributed by atoms with Gasteiger partial charge in [0.1, 0.15) is 5.69 Å². The summed E-state index contributed by atoms with van der Waals surface area (Å²) >= 11 is 0. The smallest absolute Gasteiger partial charge is 0.232 e. The van der Waals surface area contributed by atoms with Crippen LogP contribution in [-0.4, -0.2) is 37.4 Å². The molecule has 1 aromatic carbocycles. The van der Waals surface area contributed by atoms with Gasteiger partial charge in [-0.25, -0.2) is 0 Å². The van der Waals surface area contributed by atoms with E-state index in [2.05, 4.69) is 27.4 Å². The Morgan fingerprint density at radius 2 is 2.26 bits per heavy atom. The molecular weight excluding hydrogens is 344 g/mol. The third kappa shape index (κ3) is 3.30. The standard InChI is InChI=1S/C20H22N4O3/c1-12(11-25)20-22-19(23-27-20)15-5-6-16-13(9-15)3-4-14(16)10-18(26)17-7-8-21-24(17)2/h5-9,12,14,25H,3-4,10-11H2,1-2H3/t12?,14-/m0/s1. The fourth-order valence-corrected chi connectivity index (χ4v) is 3.66. The molecule has 7 heteroatoms. The van der Waals surface area contributed by atoms with Crippen LogP contribution >= 0.6 is 0 Å². The largest absolute Gasteiger partial charge is 0.396 e. The van der Waals surface area contributed by atoms with E-state index < -0.39 is 0 Å². The normalized spacial score (nSPS) is 17.1. The summed E-state index contributed by atoms with van der Waals surface area (Å²) in [4.78, 5) is 16.9. The van der Waals surface area contributed by atoms with E-state index in [-0.39, 0.29) is 24.2 Å². The van der Waals surface area contributed by atoms with Crippen LogP contribution in [0.15, 0.2) is 35.0 Å². The summed E-state index contributed by atoms with van der Waals surface area (Å²) in [6.45, 7) is 1.81. The Morgan fingerprint density at radius 1 is 1.41 bits per heavy atom. The van der Waals surface area contributed by atoms with Gasteiger partial charge in [-0.1, -0.05) is 24.2 Å². The minimum Gasteiger partial charge on any atom is -0.396 e. The first-order chi connectivity index (χ1) is 13.1. The monoisotopic (exact) mass is 366 g/mol. The van der Waals surface area contributed by atoms with Crippen molar-refractivity contribution in [3.63, 3.8) is 0 Å². The van der Waals surface area contributed by atoms with Gasteiger partial charge in [0.15, 0.2) is 5.78 Å². The quantitative estimate of drug-likeness (QED) is 0.674. The number of fused-ring (bicyclic) bond motifs is 1. The maximum Gasteiger partial charge on any atom is 0.232 e. The molecule has 0 saturated heterocycles. The number of Topliss-reactive ketones (excluding diaryl/α,β-unsaturated/α-hetero) is 1. The van der Waals surface area contributed by atoms with E-state index in [1.54, 1.807) is 24.0 Å². The molecule has 0 saturated carbocycles. The van der Waals surface area contributed by atoms with Crippen molar-refractivity contribution in [3.8, 4) is 11.4 Å². The second-order valence-corrected chi connectivity index (χ2v) is 7.16. The highest BCUT2D eigenvalue weighted by Gasteiger charge is 2.27. The zero-order valence-electron chi connectivity index (χ0n) is 15.4. The van der Waals surface area contributed by atoms with Crippen molar-refractivity contribution in [1.82, 2.24) is 19.9 Å². The maximum absolute atomic E-state index is 12.6. The molecule has 2 heterocycles. The molecule has 2 atom stereocenters. The number of hydrogen-bond donors (Lipinski definition) is 1. The fraction of sp³-hybridized carbons (Fsp3) is 0.400. The first-order valence-electron chi connectivity index (χ1n) is 9.15. The highest BCUT2D eigenvalue weighted by molar-refractivity contribution is 5.95. The van der Waals surface area contributed by atoms with E-state index in [1.807, 2.05) is 13.0 Å². The van der Waals surface area contributed by atoms with Crippen LogP contribution in [0.3, 0.4) is 0 Å². The molecule has 1 unspecified atom stereocenters. The Bertz CT molecular complexity index is 975. The van der Waals surface area contributed by atoms with Crippen LogP contribution in [0.1, 0.15) is 59.1 Å². The van der Waals surface area contributed by atoms with E-state index in [0.717, 1.165) is 18.4 Å². The van der Waals surface area contributed by atoms with Gasteiger partial charge in [0.2, 0.25) is 11.7 Å². The first-order valence-corrected chi connectivity index (χ1v) is 9.15. The van der Waals surface area contributed by atoms with Gasteiger partial charge in [-0.3, -0.25) is 9.48 Å². The Morgan fingerprint density at radius 3 is 3.00 bits per heavy atom. The van der Waals surface area contributed by atoms with E-state index >= 15 is 0 Å². The highest BCUT2D eigenvalue weighted by Crippen LogP contribution is 2.38. The van der Waals surface area contributed by atoms with Crippen LogP contribution in [0.2, 0.25) is 0 Å². The van der Waals surface area contributed by atoms with Crippen molar-refractivity contribution in [2.75, 3.05) is 6.61 Å². The minimum atomic E-state index is -0.178. The molecule has 1 aliphatic carbocycles. The summed E-state index contributed by atoms with van der Waals surface area (Å²) in [5.41, 5.74) is 4.00. The summed E-state index contributed by atoms with van der Waals surface area (Å²) in [6.07, 6.45) is 4.04. The van der Waals surface area contributed by atoms with E-state index in [1.165, 1.54) is 11.1 Å². The predicted molar refractivity (Wildman–Crippen MR) is 98.5 cm³/mol. The number of aliphatic hydroxyl groups excluding tert-OH is 1. The molecule has 0 bridgehead atoms. The average Bonchev–Trinajstić information content (AvgIpc) is 3.40. The summed E-state index contributed by atoms with van der Waals surface area (Å²) in [5.74, 6) is 1.14. The summed E-state index contributed by atoms with van der Waals surface area (Å²) < 4.78 is 6.87. The molecule has 0 amide bonds. The Balaban J connectivity index is 1.53. The van der Waals surface area contributed by atoms with Crippen LogP contribution in [0, 0.1) is 0 Å². The Kier molecular flexibility index (Phi) is 4.61. The molecule has 4 rings (SSSR count). The molecule has 0 aliphatic heterocycles. The van der Waals surface area contributed by atoms with Crippen molar-refractivity contribution in [1.29, 1.82) is 0 Å². The number of nitrogens with zero attached hydrogens (tertiary/aromatic N) is 4. The molecular formula is C20H22N4O3. The minimum absolute atomic E-state index is 0.0296. The number of hydrogen-bond acceptors (Lipinski definition) is 6. The number of aliphatic hydroxyl groups is 1. The number of rotatable bonds is 6. The highest BCUT2D eigenvalue weighted by atomic mass is 16.5. The van der Waals surface area contributed by atoms with Gasteiger partial charge in [0.25, 0.3) is 0 Å². The molecule has 0 fully saturated rings. The van der Waals surface area contributed by atoms with Gasteiger partial charge >= 0.3 is 0 Å². The zero-order chi connectivity index (χ0) is 19.0. The molecule has 1 N–H and O–H groups in total. The summed E-state index contributed by atoms with van der Waals surface area (Å²) in [7, 11) is 1.79. The molecule has 1 aliphatic rings. The van der Waals surface area contributed by atoms with Gasteiger partial charge < -0.3 is 9.63 Å². The zero-order valence-corrected chi connectivity index (χ0v) is 15.4. The molecule has 7 nitrogen and oxygen atoms in total. The van der Waals surface area contributed by atoms with E-state index in [4.69, 9.17) is 4.52 Å². The summed E-state index contributed by atoms with van der Waals surface area (Å²) in [5, 5.41) is 17.3. The number of aryl methyl sites for hydroxylation is 2. The van der Waals surface area contributed by atoms with E-state index in [0.29, 0.717) is 23.8 Å². The number of aromatic nitrogens is 4. The van der Waals surface area contributed by atoms with Crippen molar-refractivity contribution >= 4 is 5.78 Å². The number of benzene rings is 1. The van der Waals surface area contributed by atoms with Crippen LogP contribution in [0.25, 0.3) is 11.4 Å². The van der Waals surface area contributed by atoms with Gasteiger partial charge in [-0.05, 0) is 42.0 Å². The maximum atomic E-state index is 12.6. The van der Waals surface area contributed by atoms with Gasteiger partial charge in [0.05, 0.1) is 12.5 Å². The van der Waals surface area contributed by atoms with Crippen molar-refractivity contribution in [2.24, 2.45) is 7.05 Å². The Labute approximate surface area is 157 Å². The lowest BCUT2D eigenvalue weighted by atomic mass is 9.94. The lowest BCUT2D eigenvalue weighted by molar-refractivity contribution is 0.0964. The topological polar surface area (TPSA) is 94.0 Å². The van der Waals surface area contributed by atoms with Crippen molar-refractivity contribution in [2.45, 2.75) is 38.0 Å². The second-order valence-electron chi connectivity index (χ2n) is 7.16. The second kappa shape index (κ2) is 7.08. The first kappa shape index (κ1) is 17.6. The number of carbonyl (C=O) groups excluding carboxylic acids is 1.